The first kappa shape index (κ1) is 10.3. The van der Waals surface area contributed by atoms with Gasteiger partial charge < -0.3 is 11.5 Å². The lowest BCUT2D eigenvalue weighted by Crippen LogP contribution is -2.29. The summed E-state index contributed by atoms with van der Waals surface area (Å²) in [5.41, 5.74) is 9.61. The Labute approximate surface area is 69.7 Å². The normalized spacial score (nSPS) is 10.9. The third-order valence-electron chi connectivity index (χ3n) is 0.724. The van der Waals surface area contributed by atoms with E-state index in [1.807, 2.05) is 0 Å². The van der Waals surface area contributed by atoms with E-state index in [-0.39, 0.29) is 4.99 Å². The molecule has 7 heteroatoms. The van der Waals surface area contributed by atoms with Gasteiger partial charge in [-0.15, -0.1) is 0 Å². The summed E-state index contributed by atoms with van der Waals surface area (Å²) in [5.74, 6) is -2.07. The Hall–Kier alpha value is -0.690. The molecule has 0 saturated heterocycles. The highest BCUT2D eigenvalue weighted by Gasteiger charge is 2.14. The van der Waals surface area contributed by atoms with Crippen LogP contribution in [0.1, 0.15) is 0 Å². The molecular weight excluding hydrogens is 188 g/mol. The summed E-state index contributed by atoms with van der Waals surface area (Å²) in [6.07, 6.45) is 0. The van der Waals surface area contributed by atoms with E-state index in [1.165, 1.54) is 0 Å². The molecule has 0 fully saturated rings. The molecule has 0 radical (unpaired) electrons. The zero-order chi connectivity index (χ0) is 9.07. The van der Waals surface area contributed by atoms with Crippen molar-refractivity contribution in [2.24, 2.45) is 11.5 Å². The van der Waals surface area contributed by atoms with Gasteiger partial charge in [-0.05, 0) is 0 Å². The van der Waals surface area contributed by atoms with Crippen molar-refractivity contribution in [2.75, 3.05) is 11.5 Å². The molecule has 0 aromatic carbocycles. The quantitative estimate of drug-likeness (QED) is 0.515. The van der Waals surface area contributed by atoms with E-state index in [2.05, 4.69) is 18.0 Å². The van der Waals surface area contributed by atoms with E-state index in [9.17, 15) is 13.2 Å². The van der Waals surface area contributed by atoms with Gasteiger partial charge in [-0.25, -0.2) is 8.42 Å². The number of rotatable bonds is 4. The fourth-order valence-electron chi connectivity index (χ4n) is 0.485. The van der Waals surface area contributed by atoms with Crippen molar-refractivity contribution in [2.45, 2.75) is 0 Å². The zero-order valence-electron chi connectivity index (χ0n) is 5.61. The maximum Gasteiger partial charge on any atom is 0.232 e. The Morgan fingerprint density at radius 3 is 2.00 bits per heavy atom. The van der Waals surface area contributed by atoms with Crippen LogP contribution in [0.15, 0.2) is 0 Å². The molecule has 0 unspecified atom stereocenters. The molecule has 0 bridgehead atoms. The van der Waals surface area contributed by atoms with E-state index in [1.54, 1.807) is 0 Å². The van der Waals surface area contributed by atoms with Crippen molar-refractivity contribution in [3.8, 4) is 0 Å². The van der Waals surface area contributed by atoms with Gasteiger partial charge in [-0.3, -0.25) is 4.79 Å². The van der Waals surface area contributed by atoms with Crippen LogP contribution in [0.3, 0.4) is 0 Å². The molecule has 0 heterocycles. The molecule has 0 aliphatic rings. The number of thiocarbonyl (C=S) groups is 1. The minimum absolute atomic E-state index is 0.161. The lowest BCUT2D eigenvalue weighted by Gasteiger charge is -1.97. The minimum atomic E-state index is -3.52. The molecule has 11 heavy (non-hydrogen) atoms. The molecule has 64 valence electrons. The second-order valence-corrected chi connectivity index (χ2v) is 4.55. The SMILES string of the molecule is NC(=O)CS(=O)(=O)CC(N)=S. The Morgan fingerprint density at radius 2 is 1.73 bits per heavy atom. The number of primary amides is 1. The Morgan fingerprint density at radius 1 is 1.27 bits per heavy atom. The number of sulfone groups is 1. The molecule has 0 aliphatic carbocycles. The van der Waals surface area contributed by atoms with Crippen LogP contribution in [-0.4, -0.2) is 30.8 Å². The third kappa shape index (κ3) is 5.74. The summed E-state index contributed by atoms with van der Waals surface area (Å²) in [4.78, 5) is 9.99. The van der Waals surface area contributed by atoms with Gasteiger partial charge in [0.1, 0.15) is 11.5 Å². The molecule has 5 nitrogen and oxygen atoms in total. The van der Waals surface area contributed by atoms with Crippen LogP contribution in [0, 0.1) is 0 Å². The first-order valence-corrected chi connectivity index (χ1v) is 4.83. The molecular formula is C4H8N2O3S2. The molecule has 0 saturated carbocycles. The Bertz CT molecular complexity index is 247. The average molecular weight is 196 g/mol. The zero-order valence-corrected chi connectivity index (χ0v) is 7.24. The number of hydrogen-bond acceptors (Lipinski definition) is 4. The third-order valence-corrected chi connectivity index (χ3v) is 2.53. The minimum Gasteiger partial charge on any atom is -0.392 e. The van der Waals surface area contributed by atoms with Gasteiger partial charge >= 0.3 is 0 Å². The average Bonchev–Trinajstić information content (AvgIpc) is 1.53. The lowest BCUT2D eigenvalue weighted by molar-refractivity contribution is -0.115. The predicted octanol–water partition coefficient (Wildman–Crippen LogP) is -1.83. The van der Waals surface area contributed by atoms with Gasteiger partial charge in [-0.2, -0.15) is 0 Å². The van der Waals surface area contributed by atoms with Crippen LogP contribution in [-0.2, 0) is 14.6 Å². The molecule has 0 aliphatic heterocycles. The number of hydrogen-bond donors (Lipinski definition) is 2. The Balaban J connectivity index is 4.25. The van der Waals surface area contributed by atoms with Crippen LogP contribution in [0.2, 0.25) is 0 Å². The van der Waals surface area contributed by atoms with Gasteiger partial charge in [0.25, 0.3) is 0 Å². The van der Waals surface area contributed by atoms with E-state index in [0.717, 1.165) is 0 Å². The second-order valence-electron chi connectivity index (χ2n) is 1.96. The number of amides is 1. The molecule has 0 atom stereocenters. The highest BCUT2D eigenvalue weighted by atomic mass is 32.2. The van der Waals surface area contributed by atoms with Crippen molar-refractivity contribution in [1.29, 1.82) is 0 Å². The van der Waals surface area contributed by atoms with Crippen molar-refractivity contribution in [3.63, 3.8) is 0 Å². The van der Waals surface area contributed by atoms with E-state index >= 15 is 0 Å². The van der Waals surface area contributed by atoms with Crippen LogP contribution in [0.4, 0.5) is 0 Å². The summed E-state index contributed by atoms with van der Waals surface area (Å²) in [5, 5.41) is 0. The van der Waals surface area contributed by atoms with E-state index in [4.69, 9.17) is 5.73 Å². The Kier molecular flexibility index (Phi) is 3.40. The van der Waals surface area contributed by atoms with E-state index < -0.39 is 27.3 Å². The summed E-state index contributed by atoms with van der Waals surface area (Å²) < 4.78 is 21.6. The molecule has 0 aromatic rings. The summed E-state index contributed by atoms with van der Waals surface area (Å²) >= 11 is 4.34. The first-order valence-electron chi connectivity index (χ1n) is 2.60. The lowest BCUT2D eigenvalue weighted by atomic mass is 10.8. The molecule has 4 N–H and O–H groups in total. The molecule has 1 amide bonds. The van der Waals surface area contributed by atoms with Gasteiger partial charge in [0, 0.05) is 0 Å². The smallest absolute Gasteiger partial charge is 0.232 e. The summed E-state index contributed by atoms with van der Waals surface area (Å²) in [7, 11) is -3.52. The topological polar surface area (TPSA) is 103 Å². The molecule has 0 rings (SSSR count). The van der Waals surface area contributed by atoms with Crippen molar-refractivity contribution in [3.05, 3.63) is 0 Å². The number of nitrogens with two attached hydrogens (primary N) is 2. The standard InChI is InChI=1S/C4H8N2O3S2/c5-3(7)1-11(8,9)2-4(6)10/h1-2H2,(H2,5,7)(H2,6,10). The summed E-state index contributed by atoms with van der Waals surface area (Å²) in [6, 6.07) is 0. The van der Waals surface area contributed by atoms with E-state index in [0.29, 0.717) is 0 Å². The molecule has 0 aromatic heterocycles. The van der Waals surface area contributed by atoms with Crippen molar-refractivity contribution >= 4 is 33.0 Å². The predicted molar refractivity (Wildman–Crippen MR) is 44.6 cm³/mol. The van der Waals surface area contributed by atoms with Crippen LogP contribution >= 0.6 is 12.2 Å². The van der Waals surface area contributed by atoms with Crippen LogP contribution in [0.25, 0.3) is 0 Å². The highest BCUT2D eigenvalue weighted by Crippen LogP contribution is 1.88. The van der Waals surface area contributed by atoms with Crippen molar-refractivity contribution in [1.82, 2.24) is 0 Å². The maximum atomic E-state index is 10.8. The molecule has 0 spiro atoms. The number of carbonyl (C=O) groups is 1. The van der Waals surface area contributed by atoms with Crippen LogP contribution in [0.5, 0.6) is 0 Å². The summed E-state index contributed by atoms with van der Waals surface area (Å²) in [6.45, 7) is 0. The van der Waals surface area contributed by atoms with Gasteiger partial charge in [-0.1, -0.05) is 12.2 Å². The first-order chi connectivity index (χ1) is 4.83. The second kappa shape index (κ2) is 3.63. The monoisotopic (exact) mass is 196 g/mol. The van der Waals surface area contributed by atoms with Gasteiger partial charge in [0.15, 0.2) is 9.84 Å². The highest BCUT2D eigenvalue weighted by molar-refractivity contribution is 7.94. The number of carbonyl (C=O) groups excluding carboxylic acids is 1. The van der Waals surface area contributed by atoms with Gasteiger partial charge in [0.2, 0.25) is 5.91 Å². The van der Waals surface area contributed by atoms with Crippen molar-refractivity contribution < 1.29 is 13.2 Å². The van der Waals surface area contributed by atoms with Crippen LogP contribution < -0.4 is 11.5 Å². The fourth-order valence-corrected chi connectivity index (χ4v) is 1.99. The fraction of sp³-hybridized carbons (Fsp3) is 0.500. The van der Waals surface area contributed by atoms with Gasteiger partial charge in [0.05, 0.1) is 4.99 Å². The maximum absolute atomic E-state index is 10.8. The largest absolute Gasteiger partial charge is 0.392 e.